The van der Waals surface area contributed by atoms with Crippen LogP contribution in [0.15, 0.2) is 16.6 Å². The Kier molecular flexibility index (Phi) is 4.79. The summed E-state index contributed by atoms with van der Waals surface area (Å²) in [5.41, 5.74) is 0.953. The molecule has 0 bridgehead atoms. The predicted octanol–water partition coefficient (Wildman–Crippen LogP) is 2.69. The molecule has 17 heavy (non-hydrogen) atoms. The van der Waals surface area contributed by atoms with Crippen LogP contribution in [0.2, 0.25) is 5.02 Å². The molecule has 0 unspecified atom stereocenters. The van der Waals surface area contributed by atoms with Crippen molar-refractivity contribution >= 4 is 27.5 Å². The van der Waals surface area contributed by atoms with Crippen molar-refractivity contribution in [1.82, 2.24) is 10.2 Å². The summed E-state index contributed by atoms with van der Waals surface area (Å²) in [6.45, 7) is 5.16. The maximum atomic E-state index is 13.5. The highest BCUT2D eigenvalue weighted by molar-refractivity contribution is 9.10. The van der Waals surface area contributed by atoms with E-state index in [1.807, 2.05) is 6.07 Å². The number of nitrogens with zero attached hydrogens (tertiary/aromatic N) is 1. The summed E-state index contributed by atoms with van der Waals surface area (Å²) in [6.07, 6.45) is 0.837. The Balaban J connectivity index is 1.94. The van der Waals surface area contributed by atoms with Crippen LogP contribution < -0.4 is 5.32 Å². The first-order chi connectivity index (χ1) is 8.16. The van der Waals surface area contributed by atoms with Crippen LogP contribution in [-0.2, 0) is 6.42 Å². The van der Waals surface area contributed by atoms with Crippen LogP contribution in [0, 0.1) is 5.82 Å². The van der Waals surface area contributed by atoms with Gasteiger partial charge >= 0.3 is 0 Å². The molecule has 0 atom stereocenters. The molecular weight excluding hydrogens is 307 g/mol. The lowest BCUT2D eigenvalue weighted by Gasteiger charge is -2.27. The average Bonchev–Trinajstić information content (AvgIpc) is 2.34. The van der Waals surface area contributed by atoms with Gasteiger partial charge in [-0.3, -0.25) is 0 Å². The second-order valence-corrected chi connectivity index (χ2v) is 5.42. The lowest BCUT2D eigenvalue weighted by Crippen LogP contribution is -2.44. The quantitative estimate of drug-likeness (QED) is 0.861. The van der Waals surface area contributed by atoms with Gasteiger partial charge in [-0.1, -0.05) is 11.6 Å². The molecule has 1 aromatic carbocycles. The molecule has 0 aromatic heterocycles. The summed E-state index contributed by atoms with van der Waals surface area (Å²) in [4.78, 5) is 2.38. The van der Waals surface area contributed by atoms with E-state index in [4.69, 9.17) is 11.6 Å². The molecule has 1 aliphatic rings. The monoisotopic (exact) mass is 320 g/mol. The highest BCUT2D eigenvalue weighted by Gasteiger charge is 2.11. The maximum absolute atomic E-state index is 13.5. The molecule has 0 radical (unpaired) electrons. The Bertz CT molecular complexity index is 371. The second kappa shape index (κ2) is 6.14. The fourth-order valence-electron chi connectivity index (χ4n) is 1.97. The Morgan fingerprint density at radius 1 is 1.35 bits per heavy atom. The molecule has 2 nitrogen and oxygen atoms in total. The van der Waals surface area contributed by atoms with E-state index in [1.165, 1.54) is 0 Å². The van der Waals surface area contributed by atoms with Gasteiger partial charge in [-0.2, -0.15) is 0 Å². The lowest BCUT2D eigenvalue weighted by molar-refractivity contribution is 0.244. The minimum absolute atomic E-state index is 0.284. The van der Waals surface area contributed by atoms with Crippen LogP contribution in [0.25, 0.3) is 0 Å². The van der Waals surface area contributed by atoms with Crippen molar-refractivity contribution in [2.75, 3.05) is 32.7 Å². The summed E-state index contributed by atoms with van der Waals surface area (Å²) in [7, 11) is 0. The molecule has 2 rings (SSSR count). The lowest BCUT2D eigenvalue weighted by atomic mass is 10.1. The molecule has 1 aliphatic heterocycles. The standard InChI is InChI=1S/C12H15BrClFN2/c13-12-10(14)7-9(8-11(12)15)1-4-17-5-2-16-3-6-17/h7-8,16H,1-6H2. The number of nitrogens with one attached hydrogen (secondary N) is 1. The summed E-state index contributed by atoms with van der Waals surface area (Å²) in [5.74, 6) is -0.284. The third-order valence-corrected chi connectivity index (χ3v) is 4.30. The van der Waals surface area contributed by atoms with E-state index in [0.717, 1.165) is 44.7 Å². The average molecular weight is 322 g/mol. The summed E-state index contributed by atoms with van der Waals surface area (Å²) < 4.78 is 13.8. The number of benzene rings is 1. The van der Waals surface area contributed by atoms with E-state index in [1.54, 1.807) is 6.07 Å². The van der Waals surface area contributed by atoms with E-state index in [0.29, 0.717) is 9.50 Å². The smallest absolute Gasteiger partial charge is 0.139 e. The molecule has 1 aromatic rings. The third kappa shape index (κ3) is 3.65. The van der Waals surface area contributed by atoms with Crippen LogP contribution >= 0.6 is 27.5 Å². The van der Waals surface area contributed by atoms with Crippen LogP contribution in [-0.4, -0.2) is 37.6 Å². The Labute approximate surface area is 114 Å². The summed E-state index contributed by atoms with van der Waals surface area (Å²) in [5, 5.41) is 3.75. The molecule has 1 N–H and O–H groups in total. The number of hydrogen-bond donors (Lipinski definition) is 1. The van der Waals surface area contributed by atoms with Gasteiger partial charge in [-0.15, -0.1) is 0 Å². The van der Waals surface area contributed by atoms with E-state index in [2.05, 4.69) is 26.1 Å². The molecular formula is C12H15BrClFN2. The first kappa shape index (κ1) is 13.3. The van der Waals surface area contributed by atoms with E-state index >= 15 is 0 Å². The minimum Gasteiger partial charge on any atom is -0.314 e. The molecule has 0 saturated carbocycles. The number of rotatable bonds is 3. The molecule has 1 fully saturated rings. The first-order valence-electron chi connectivity index (χ1n) is 5.73. The van der Waals surface area contributed by atoms with Gasteiger partial charge in [0, 0.05) is 32.7 Å². The number of halogens is 3. The highest BCUT2D eigenvalue weighted by Crippen LogP contribution is 2.27. The van der Waals surface area contributed by atoms with Gasteiger partial charge in [0.05, 0.1) is 9.50 Å². The van der Waals surface area contributed by atoms with Gasteiger partial charge in [0.15, 0.2) is 0 Å². The molecule has 1 saturated heterocycles. The number of piperazine rings is 1. The highest BCUT2D eigenvalue weighted by atomic mass is 79.9. The van der Waals surface area contributed by atoms with E-state index in [-0.39, 0.29) is 5.82 Å². The van der Waals surface area contributed by atoms with Crippen molar-refractivity contribution in [2.24, 2.45) is 0 Å². The third-order valence-electron chi connectivity index (χ3n) is 2.97. The fraction of sp³-hybridized carbons (Fsp3) is 0.500. The van der Waals surface area contributed by atoms with Gasteiger partial charge < -0.3 is 10.2 Å². The van der Waals surface area contributed by atoms with Crippen molar-refractivity contribution in [3.63, 3.8) is 0 Å². The Hall–Kier alpha value is -0.160. The van der Waals surface area contributed by atoms with Crippen LogP contribution in [0.5, 0.6) is 0 Å². The van der Waals surface area contributed by atoms with Crippen LogP contribution in [0.4, 0.5) is 4.39 Å². The SMILES string of the molecule is Fc1cc(CCN2CCNCC2)cc(Cl)c1Br. The van der Waals surface area contributed by atoms with Crippen molar-refractivity contribution in [1.29, 1.82) is 0 Å². The summed E-state index contributed by atoms with van der Waals surface area (Å²) in [6, 6.07) is 3.38. The van der Waals surface area contributed by atoms with Gasteiger partial charge in [0.2, 0.25) is 0 Å². The van der Waals surface area contributed by atoms with Crippen molar-refractivity contribution in [3.05, 3.63) is 33.0 Å². The Morgan fingerprint density at radius 2 is 2.06 bits per heavy atom. The molecule has 1 heterocycles. The normalized spacial score (nSPS) is 17.4. The van der Waals surface area contributed by atoms with Crippen molar-refractivity contribution in [3.8, 4) is 0 Å². The van der Waals surface area contributed by atoms with Gasteiger partial charge in [-0.25, -0.2) is 4.39 Å². The van der Waals surface area contributed by atoms with Gasteiger partial charge in [0.25, 0.3) is 0 Å². The first-order valence-corrected chi connectivity index (χ1v) is 6.90. The van der Waals surface area contributed by atoms with Crippen molar-refractivity contribution in [2.45, 2.75) is 6.42 Å². The Morgan fingerprint density at radius 3 is 2.71 bits per heavy atom. The van der Waals surface area contributed by atoms with Crippen molar-refractivity contribution < 1.29 is 4.39 Å². The van der Waals surface area contributed by atoms with Crippen LogP contribution in [0.1, 0.15) is 5.56 Å². The molecule has 0 spiro atoms. The van der Waals surface area contributed by atoms with Crippen LogP contribution in [0.3, 0.4) is 0 Å². The second-order valence-electron chi connectivity index (χ2n) is 4.22. The fourth-order valence-corrected chi connectivity index (χ4v) is 2.43. The largest absolute Gasteiger partial charge is 0.314 e. The molecule has 5 heteroatoms. The summed E-state index contributed by atoms with van der Waals surface area (Å²) >= 11 is 9.05. The zero-order valence-electron chi connectivity index (χ0n) is 9.48. The molecule has 0 aliphatic carbocycles. The predicted molar refractivity (Wildman–Crippen MR) is 72.1 cm³/mol. The molecule has 0 amide bonds. The van der Waals surface area contributed by atoms with Gasteiger partial charge in [0.1, 0.15) is 5.82 Å². The topological polar surface area (TPSA) is 15.3 Å². The van der Waals surface area contributed by atoms with E-state index in [9.17, 15) is 4.39 Å². The maximum Gasteiger partial charge on any atom is 0.139 e. The zero-order valence-corrected chi connectivity index (χ0v) is 11.8. The minimum atomic E-state index is -0.284. The van der Waals surface area contributed by atoms with Gasteiger partial charge in [-0.05, 0) is 40.0 Å². The zero-order chi connectivity index (χ0) is 12.3. The van der Waals surface area contributed by atoms with E-state index < -0.39 is 0 Å². The molecule has 94 valence electrons. The number of hydrogen-bond acceptors (Lipinski definition) is 2.